The fourth-order valence-electron chi connectivity index (χ4n) is 2.36. The zero-order chi connectivity index (χ0) is 19.1. The van der Waals surface area contributed by atoms with Crippen molar-refractivity contribution in [2.75, 3.05) is 6.54 Å². The highest BCUT2D eigenvalue weighted by atomic mass is 16.6. The van der Waals surface area contributed by atoms with E-state index in [9.17, 15) is 14.9 Å². The van der Waals surface area contributed by atoms with Crippen LogP contribution in [0.5, 0.6) is 5.88 Å². The number of benzene rings is 1. The summed E-state index contributed by atoms with van der Waals surface area (Å²) in [4.78, 5) is 28.9. The van der Waals surface area contributed by atoms with Gasteiger partial charge in [0.2, 0.25) is 5.88 Å². The standard InChI is InChI=1S/C19H21N3O4/c1-4-10-21(13-15-6-5-7-17(11-15)22(24)25)19(23)16-8-9-18(20-12-16)26-14(2)3/h4-9,11-12,14H,1,10,13H2,2-3H3. The van der Waals surface area contributed by atoms with E-state index >= 15 is 0 Å². The summed E-state index contributed by atoms with van der Waals surface area (Å²) < 4.78 is 5.47. The molecular formula is C19H21N3O4. The molecule has 1 aromatic heterocycles. The van der Waals surface area contributed by atoms with Gasteiger partial charge in [-0.1, -0.05) is 18.2 Å². The van der Waals surface area contributed by atoms with E-state index in [-0.39, 0.29) is 24.2 Å². The Kier molecular flexibility index (Phi) is 6.43. The number of nitrogens with zero attached hydrogens (tertiary/aromatic N) is 3. The Bertz CT molecular complexity index is 788. The average molecular weight is 355 g/mol. The van der Waals surface area contributed by atoms with Crippen LogP contribution in [0.4, 0.5) is 5.69 Å². The summed E-state index contributed by atoms with van der Waals surface area (Å²) in [5, 5.41) is 10.9. The van der Waals surface area contributed by atoms with Crippen LogP contribution >= 0.6 is 0 Å². The van der Waals surface area contributed by atoms with Crippen molar-refractivity contribution in [3.63, 3.8) is 0 Å². The van der Waals surface area contributed by atoms with Gasteiger partial charge in [-0.2, -0.15) is 0 Å². The highest BCUT2D eigenvalue weighted by molar-refractivity contribution is 5.94. The van der Waals surface area contributed by atoms with Gasteiger partial charge in [0, 0.05) is 37.5 Å². The van der Waals surface area contributed by atoms with E-state index in [1.807, 2.05) is 13.8 Å². The topological polar surface area (TPSA) is 85.6 Å². The van der Waals surface area contributed by atoms with Crippen molar-refractivity contribution in [3.05, 3.63) is 76.5 Å². The molecule has 0 N–H and O–H groups in total. The van der Waals surface area contributed by atoms with Gasteiger partial charge in [-0.15, -0.1) is 6.58 Å². The van der Waals surface area contributed by atoms with Crippen LogP contribution in [0.1, 0.15) is 29.8 Å². The molecule has 0 spiro atoms. The van der Waals surface area contributed by atoms with E-state index in [1.54, 1.807) is 35.2 Å². The Morgan fingerprint density at radius 1 is 1.38 bits per heavy atom. The molecule has 136 valence electrons. The van der Waals surface area contributed by atoms with E-state index < -0.39 is 4.92 Å². The zero-order valence-corrected chi connectivity index (χ0v) is 14.8. The molecule has 1 aromatic carbocycles. The van der Waals surface area contributed by atoms with Gasteiger partial charge in [-0.25, -0.2) is 4.98 Å². The number of pyridine rings is 1. The molecule has 7 heteroatoms. The molecule has 0 saturated carbocycles. The molecule has 0 unspecified atom stereocenters. The highest BCUT2D eigenvalue weighted by Gasteiger charge is 2.17. The van der Waals surface area contributed by atoms with Crippen molar-refractivity contribution in [1.82, 2.24) is 9.88 Å². The number of rotatable bonds is 8. The Hall–Kier alpha value is -3.22. The monoisotopic (exact) mass is 355 g/mol. The number of amides is 1. The minimum Gasteiger partial charge on any atom is -0.475 e. The van der Waals surface area contributed by atoms with Gasteiger partial charge in [0.05, 0.1) is 16.6 Å². The van der Waals surface area contributed by atoms with Gasteiger partial charge in [-0.05, 0) is 25.5 Å². The summed E-state index contributed by atoms with van der Waals surface area (Å²) in [6.07, 6.45) is 3.07. The summed E-state index contributed by atoms with van der Waals surface area (Å²) in [7, 11) is 0. The number of carbonyl (C=O) groups is 1. The summed E-state index contributed by atoms with van der Waals surface area (Å²) in [6, 6.07) is 9.52. The highest BCUT2D eigenvalue weighted by Crippen LogP contribution is 2.17. The first-order chi connectivity index (χ1) is 12.4. The molecule has 0 atom stereocenters. The van der Waals surface area contributed by atoms with Crippen LogP contribution < -0.4 is 4.74 Å². The second-order valence-electron chi connectivity index (χ2n) is 5.95. The molecule has 7 nitrogen and oxygen atoms in total. The van der Waals surface area contributed by atoms with Gasteiger partial charge < -0.3 is 9.64 Å². The molecule has 0 fully saturated rings. The zero-order valence-electron chi connectivity index (χ0n) is 14.8. The van der Waals surface area contributed by atoms with E-state index in [0.29, 0.717) is 23.6 Å². The number of aromatic nitrogens is 1. The summed E-state index contributed by atoms with van der Waals surface area (Å²) >= 11 is 0. The molecule has 26 heavy (non-hydrogen) atoms. The van der Waals surface area contributed by atoms with Crippen molar-refractivity contribution >= 4 is 11.6 Å². The molecule has 1 amide bonds. The lowest BCUT2D eigenvalue weighted by molar-refractivity contribution is -0.384. The number of hydrogen-bond donors (Lipinski definition) is 0. The van der Waals surface area contributed by atoms with E-state index in [0.717, 1.165) is 0 Å². The van der Waals surface area contributed by atoms with Crippen LogP contribution in [0, 0.1) is 10.1 Å². The third kappa shape index (κ3) is 5.14. The normalized spacial score (nSPS) is 10.4. The molecule has 0 aliphatic carbocycles. The largest absolute Gasteiger partial charge is 0.475 e. The number of ether oxygens (including phenoxy) is 1. The first kappa shape index (κ1) is 19.1. The smallest absolute Gasteiger partial charge is 0.269 e. The number of nitro benzene ring substituents is 1. The van der Waals surface area contributed by atoms with E-state index in [1.165, 1.54) is 18.3 Å². The maximum absolute atomic E-state index is 12.8. The molecule has 0 aliphatic rings. The van der Waals surface area contributed by atoms with Crippen molar-refractivity contribution < 1.29 is 14.5 Å². The minimum absolute atomic E-state index is 0.00446. The van der Waals surface area contributed by atoms with Crippen molar-refractivity contribution in [2.45, 2.75) is 26.5 Å². The maximum atomic E-state index is 12.8. The molecule has 0 aliphatic heterocycles. The predicted octanol–water partition coefficient (Wildman–Crippen LogP) is 3.61. The fourth-order valence-corrected chi connectivity index (χ4v) is 2.36. The fraction of sp³-hybridized carbons (Fsp3) is 0.263. The Balaban J connectivity index is 2.17. The second kappa shape index (κ2) is 8.75. The number of hydrogen-bond acceptors (Lipinski definition) is 5. The van der Waals surface area contributed by atoms with Gasteiger partial charge in [0.1, 0.15) is 0 Å². The molecule has 2 aromatic rings. The molecule has 0 saturated heterocycles. The predicted molar refractivity (Wildman–Crippen MR) is 98.0 cm³/mol. The lowest BCUT2D eigenvalue weighted by Gasteiger charge is -2.21. The van der Waals surface area contributed by atoms with Crippen LogP contribution in [0.2, 0.25) is 0 Å². The maximum Gasteiger partial charge on any atom is 0.269 e. The van der Waals surface area contributed by atoms with Gasteiger partial charge in [0.15, 0.2) is 0 Å². The third-order valence-corrected chi connectivity index (χ3v) is 3.47. The lowest BCUT2D eigenvalue weighted by Crippen LogP contribution is -2.30. The lowest BCUT2D eigenvalue weighted by atomic mass is 10.1. The Morgan fingerprint density at radius 3 is 2.73 bits per heavy atom. The second-order valence-corrected chi connectivity index (χ2v) is 5.95. The quantitative estimate of drug-likeness (QED) is 0.410. The van der Waals surface area contributed by atoms with Crippen LogP contribution in [-0.2, 0) is 6.54 Å². The number of non-ortho nitro benzene ring substituents is 1. The molecular weight excluding hydrogens is 334 g/mol. The van der Waals surface area contributed by atoms with Crippen LogP contribution in [0.15, 0.2) is 55.3 Å². The molecule has 1 heterocycles. The Morgan fingerprint density at radius 2 is 2.15 bits per heavy atom. The first-order valence-corrected chi connectivity index (χ1v) is 8.17. The molecule has 2 rings (SSSR count). The summed E-state index contributed by atoms with van der Waals surface area (Å²) in [5.74, 6) is 0.213. The van der Waals surface area contributed by atoms with Crippen molar-refractivity contribution in [3.8, 4) is 5.88 Å². The molecule has 0 bridgehead atoms. The molecule has 0 radical (unpaired) electrons. The number of nitro groups is 1. The van der Waals surface area contributed by atoms with E-state index in [2.05, 4.69) is 11.6 Å². The summed E-state index contributed by atoms with van der Waals surface area (Å²) in [5.41, 5.74) is 1.07. The first-order valence-electron chi connectivity index (χ1n) is 8.17. The van der Waals surface area contributed by atoms with E-state index in [4.69, 9.17) is 4.74 Å². The Labute approximate surface area is 152 Å². The van der Waals surface area contributed by atoms with Gasteiger partial charge >= 0.3 is 0 Å². The van der Waals surface area contributed by atoms with Crippen molar-refractivity contribution in [2.24, 2.45) is 0 Å². The van der Waals surface area contributed by atoms with Gasteiger partial charge in [-0.3, -0.25) is 14.9 Å². The number of carbonyl (C=O) groups excluding carboxylic acids is 1. The average Bonchev–Trinajstić information content (AvgIpc) is 2.61. The van der Waals surface area contributed by atoms with Gasteiger partial charge in [0.25, 0.3) is 11.6 Å². The van der Waals surface area contributed by atoms with Crippen LogP contribution in [0.25, 0.3) is 0 Å². The van der Waals surface area contributed by atoms with Crippen molar-refractivity contribution in [1.29, 1.82) is 0 Å². The van der Waals surface area contributed by atoms with Crippen LogP contribution in [-0.4, -0.2) is 33.4 Å². The van der Waals surface area contributed by atoms with Crippen LogP contribution in [0.3, 0.4) is 0 Å². The minimum atomic E-state index is -0.458. The summed E-state index contributed by atoms with van der Waals surface area (Å²) in [6.45, 7) is 8.01. The SMILES string of the molecule is C=CCN(Cc1cccc([N+](=O)[O-])c1)C(=O)c1ccc(OC(C)C)nc1. The third-order valence-electron chi connectivity index (χ3n) is 3.47.